The number of carboxylic acids is 1. The maximum atomic E-state index is 12.2. The van der Waals surface area contributed by atoms with Gasteiger partial charge in [0.15, 0.2) is 12.2 Å². The van der Waals surface area contributed by atoms with E-state index in [1.807, 2.05) is 24.3 Å². The molecule has 0 saturated heterocycles. The fourth-order valence-electron chi connectivity index (χ4n) is 2.76. The van der Waals surface area contributed by atoms with Crippen LogP contribution < -0.4 is 10.1 Å². The summed E-state index contributed by atoms with van der Waals surface area (Å²) in [5.41, 5.74) is 1.87. The predicted molar refractivity (Wildman–Crippen MR) is 111 cm³/mol. The van der Waals surface area contributed by atoms with Gasteiger partial charge in [-0.25, -0.2) is 4.79 Å². The van der Waals surface area contributed by atoms with E-state index in [0.717, 1.165) is 11.1 Å². The van der Waals surface area contributed by atoms with Crippen LogP contribution in [-0.2, 0) is 27.2 Å². The first-order chi connectivity index (χ1) is 13.9. The fourth-order valence-corrected chi connectivity index (χ4v) is 2.97. The number of halogens is 1. The van der Waals surface area contributed by atoms with Crippen molar-refractivity contribution in [3.05, 3.63) is 64.7 Å². The van der Waals surface area contributed by atoms with E-state index in [-0.39, 0.29) is 12.3 Å². The SMILES string of the molecule is CCO[C@@H](Cc1ccc(O[C@H](C)C(=O)NCCc2cccc(Cl)c2)cc1)C(=O)O. The lowest BCUT2D eigenvalue weighted by Gasteiger charge is -2.16. The van der Waals surface area contributed by atoms with E-state index in [9.17, 15) is 9.59 Å². The monoisotopic (exact) mass is 419 g/mol. The maximum Gasteiger partial charge on any atom is 0.333 e. The molecule has 2 atom stereocenters. The third-order valence-corrected chi connectivity index (χ3v) is 4.51. The van der Waals surface area contributed by atoms with Crippen LogP contribution in [0.4, 0.5) is 0 Å². The molecule has 0 aliphatic carbocycles. The number of nitrogens with one attached hydrogen (secondary N) is 1. The third kappa shape index (κ3) is 7.75. The second-order valence-corrected chi connectivity index (χ2v) is 7.00. The Kier molecular flexibility index (Phi) is 8.96. The zero-order chi connectivity index (χ0) is 21.2. The molecule has 0 saturated carbocycles. The van der Waals surface area contributed by atoms with Gasteiger partial charge >= 0.3 is 5.97 Å². The Balaban J connectivity index is 1.80. The summed E-state index contributed by atoms with van der Waals surface area (Å²) in [7, 11) is 0. The number of hydrogen-bond acceptors (Lipinski definition) is 4. The molecule has 0 fully saturated rings. The van der Waals surface area contributed by atoms with Gasteiger partial charge in [-0.15, -0.1) is 0 Å². The average Bonchev–Trinajstić information content (AvgIpc) is 2.69. The van der Waals surface area contributed by atoms with Crippen molar-refractivity contribution in [3.8, 4) is 5.75 Å². The Morgan fingerprint density at radius 2 is 1.86 bits per heavy atom. The molecule has 156 valence electrons. The molecule has 2 N–H and O–H groups in total. The highest BCUT2D eigenvalue weighted by atomic mass is 35.5. The van der Waals surface area contributed by atoms with Gasteiger partial charge in [-0.1, -0.05) is 35.9 Å². The van der Waals surface area contributed by atoms with Crippen LogP contribution in [-0.4, -0.2) is 42.3 Å². The molecule has 6 nitrogen and oxygen atoms in total. The number of ether oxygens (including phenoxy) is 2. The molecule has 2 rings (SSSR count). The molecule has 1 amide bonds. The van der Waals surface area contributed by atoms with E-state index in [1.165, 1.54) is 0 Å². The Morgan fingerprint density at radius 1 is 1.14 bits per heavy atom. The Hall–Kier alpha value is -2.57. The summed E-state index contributed by atoms with van der Waals surface area (Å²) in [6.45, 7) is 4.26. The van der Waals surface area contributed by atoms with Crippen LogP contribution in [0, 0.1) is 0 Å². The number of hydrogen-bond donors (Lipinski definition) is 2. The van der Waals surface area contributed by atoms with Crippen molar-refractivity contribution in [1.82, 2.24) is 5.32 Å². The predicted octanol–water partition coefficient (Wildman–Crippen LogP) is 3.50. The average molecular weight is 420 g/mol. The smallest absolute Gasteiger partial charge is 0.333 e. The highest BCUT2D eigenvalue weighted by Crippen LogP contribution is 2.16. The van der Waals surface area contributed by atoms with E-state index in [4.69, 9.17) is 26.2 Å². The minimum atomic E-state index is -0.991. The van der Waals surface area contributed by atoms with Crippen molar-refractivity contribution < 1.29 is 24.2 Å². The molecule has 0 radical (unpaired) electrons. The summed E-state index contributed by atoms with van der Waals surface area (Å²) in [6, 6.07) is 14.5. The summed E-state index contributed by atoms with van der Waals surface area (Å²) in [5.74, 6) is -0.664. The third-order valence-electron chi connectivity index (χ3n) is 4.27. The van der Waals surface area contributed by atoms with Gasteiger partial charge in [0.05, 0.1) is 0 Å². The van der Waals surface area contributed by atoms with Crippen LogP contribution in [0.15, 0.2) is 48.5 Å². The van der Waals surface area contributed by atoms with Crippen LogP contribution in [0.3, 0.4) is 0 Å². The van der Waals surface area contributed by atoms with Crippen molar-refractivity contribution in [3.63, 3.8) is 0 Å². The molecular weight excluding hydrogens is 394 g/mol. The lowest BCUT2D eigenvalue weighted by molar-refractivity contribution is -0.150. The zero-order valence-electron chi connectivity index (χ0n) is 16.6. The second kappa shape index (κ2) is 11.4. The standard InChI is InChI=1S/C22H26ClNO5/c1-3-28-20(22(26)27)14-17-7-9-19(10-8-17)29-15(2)21(25)24-12-11-16-5-4-6-18(23)13-16/h4-10,13,15,20H,3,11-12,14H2,1-2H3,(H,24,25)(H,26,27)/t15-,20+/m1/s1. The molecule has 0 aliphatic rings. The summed E-state index contributed by atoms with van der Waals surface area (Å²) in [4.78, 5) is 23.4. The van der Waals surface area contributed by atoms with Gasteiger partial charge in [-0.3, -0.25) is 4.79 Å². The molecule has 0 spiro atoms. The van der Waals surface area contributed by atoms with Crippen molar-refractivity contribution in [1.29, 1.82) is 0 Å². The molecule has 2 aromatic rings. The highest BCUT2D eigenvalue weighted by molar-refractivity contribution is 6.30. The maximum absolute atomic E-state index is 12.2. The molecule has 0 aliphatic heterocycles. The lowest BCUT2D eigenvalue weighted by atomic mass is 10.1. The van der Waals surface area contributed by atoms with E-state index in [0.29, 0.717) is 30.3 Å². The molecule has 2 aromatic carbocycles. The number of aliphatic carboxylic acids is 1. The summed E-state index contributed by atoms with van der Waals surface area (Å²) in [6.07, 6.45) is -0.590. The van der Waals surface area contributed by atoms with Crippen LogP contribution in [0.1, 0.15) is 25.0 Å². The second-order valence-electron chi connectivity index (χ2n) is 6.56. The zero-order valence-corrected chi connectivity index (χ0v) is 17.3. The molecular formula is C22H26ClNO5. The number of carbonyl (C=O) groups is 2. The normalized spacial score (nSPS) is 12.8. The van der Waals surface area contributed by atoms with E-state index in [2.05, 4.69) is 5.32 Å². The van der Waals surface area contributed by atoms with E-state index in [1.54, 1.807) is 38.1 Å². The Morgan fingerprint density at radius 3 is 2.48 bits per heavy atom. The first-order valence-corrected chi connectivity index (χ1v) is 9.89. The van der Waals surface area contributed by atoms with E-state index < -0.39 is 18.2 Å². The van der Waals surface area contributed by atoms with Gasteiger partial charge in [0, 0.05) is 24.6 Å². The number of rotatable bonds is 11. The van der Waals surface area contributed by atoms with Gasteiger partial charge in [-0.05, 0) is 55.7 Å². The topological polar surface area (TPSA) is 84.9 Å². The minimum absolute atomic E-state index is 0.210. The van der Waals surface area contributed by atoms with Crippen LogP contribution >= 0.6 is 11.6 Å². The number of amides is 1. The number of benzene rings is 2. The lowest BCUT2D eigenvalue weighted by Crippen LogP contribution is -2.37. The largest absolute Gasteiger partial charge is 0.481 e. The molecule has 0 heterocycles. The van der Waals surface area contributed by atoms with Gasteiger partial charge in [0.1, 0.15) is 5.75 Å². The van der Waals surface area contributed by atoms with Gasteiger partial charge in [0.25, 0.3) is 5.91 Å². The van der Waals surface area contributed by atoms with Crippen LogP contribution in [0.2, 0.25) is 5.02 Å². The molecule has 29 heavy (non-hydrogen) atoms. The quantitative estimate of drug-likeness (QED) is 0.582. The molecule has 0 unspecified atom stereocenters. The molecule has 7 heteroatoms. The van der Waals surface area contributed by atoms with Crippen molar-refractivity contribution in [2.75, 3.05) is 13.2 Å². The van der Waals surface area contributed by atoms with Gasteiger partial charge in [-0.2, -0.15) is 0 Å². The summed E-state index contributed by atoms with van der Waals surface area (Å²) >= 11 is 5.95. The number of carboxylic acid groups (broad SMARTS) is 1. The molecule has 0 bridgehead atoms. The Labute approximate surface area is 175 Å². The number of carbonyl (C=O) groups excluding carboxylic acids is 1. The van der Waals surface area contributed by atoms with Crippen LogP contribution in [0.5, 0.6) is 5.75 Å². The van der Waals surface area contributed by atoms with Gasteiger partial charge < -0.3 is 19.9 Å². The minimum Gasteiger partial charge on any atom is -0.481 e. The van der Waals surface area contributed by atoms with Crippen molar-refractivity contribution in [2.45, 2.75) is 38.9 Å². The summed E-state index contributed by atoms with van der Waals surface area (Å²) < 4.78 is 10.9. The Bertz CT molecular complexity index is 809. The highest BCUT2D eigenvalue weighted by Gasteiger charge is 2.18. The van der Waals surface area contributed by atoms with Crippen molar-refractivity contribution in [2.24, 2.45) is 0 Å². The summed E-state index contributed by atoms with van der Waals surface area (Å²) in [5, 5.41) is 12.7. The molecule has 0 aromatic heterocycles. The van der Waals surface area contributed by atoms with E-state index >= 15 is 0 Å². The first kappa shape index (κ1) is 22.7. The van der Waals surface area contributed by atoms with Crippen LogP contribution in [0.25, 0.3) is 0 Å². The van der Waals surface area contributed by atoms with Gasteiger partial charge in [0.2, 0.25) is 0 Å². The fraction of sp³-hybridized carbons (Fsp3) is 0.364. The first-order valence-electron chi connectivity index (χ1n) is 9.51. The van der Waals surface area contributed by atoms with Crippen molar-refractivity contribution >= 4 is 23.5 Å².